The Morgan fingerprint density at radius 1 is 0.291 bits per heavy atom. The Labute approximate surface area is 462 Å². The molecule has 0 bridgehead atoms. The minimum atomic E-state index is -0.498. The van der Waals surface area contributed by atoms with Gasteiger partial charge in [0, 0.05) is 32.9 Å². The van der Waals surface area contributed by atoms with Gasteiger partial charge in [-0.05, 0) is 150 Å². The van der Waals surface area contributed by atoms with E-state index in [0.29, 0.717) is 0 Å². The maximum absolute atomic E-state index is 6.66. The summed E-state index contributed by atoms with van der Waals surface area (Å²) in [6, 6.07) is 91.9. The standard InChI is InChI=1S/C74H59BN2O2/c1-48-30-34-52(35-31-48)67-65(50-20-10-7-11-21-50)66(51-22-12-8-13-23-51)68(53-36-32-49(2)33-37-53)70(69(67)54-38-42-56(43-39-54)75-78-73(3,4)74(5,6)79-75)55-40-44-58(45-41-55)77-64-29-19-17-27-60(64)62-47-46-61-59-26-16-18-28-63(59)76(71(61)72(62)77)57-24-14-9-15-25-57/h7-47H,1-6H3. The summed E-state index contributed by atoms with van der Waals surface area (Å²) in [6.45, 7) is 12.8. The molecule has 5 heteroatoms. The van der Waals surface area contributed by atoms with E-state index in [0.717, 1.165) is 66.9 Å². The molecular formula is C74H59BN2O2. The second kappa shape index (κ2) is 18.9. The number of aromatic nitrogens is 2. The topological polar surface area (TPSA) is 28.3 Å². The van der Waals surface area contributed by atoms with Crippen molar-refractivity contribution in [1.82, 2.24) is 9.13 Å². The molecular weight excluding hydrogens is 960 g/mol. The third-order valence-electron chi connectivity index (χ3n) is 16.9. The lowest BCUT2D eigenvalue weighted by Gasteiger charge is -2.32. The minimum absolute atomic E-state index is 0.472. The average Bonchev–Trinajstić information content (AvgIpc) is 4.27. The van der Waals surface area contributed by atoms with Gasteiger partial charge in [0.15, 0.2) is 0 Å². The van der Waals surface area contributed by atoms with Gasteiger partial charge < -0.3 is 18.4 Å². The van der Waals surface area contributed by atoms with Gasteiger partial charge in [-0.15, -0.1) is 0 Å². The van der Waals surface area contributed by atoms with Crippen LogP contribution in [0.4, 0.5) is 0 Å². The van der Waals surface area contributed by atoms with Crippen LogP contribution in [0.15, 0.2) is 249 Å². The maximum atomic E-state index is 6.66. The molecule has 79 heavy (non-hydrogen) atoms. The summed E-state index contributed by atoms with van der Waals surface area (Å²) in [4.78, 5) is 0. The third-order valence-corrected chi connectivity index (χ3v) is 16.9. The van der Waals surface area contributed by atoms with Crippen molar-refractivity contribution < 1.29 is 9.31 Å². The molecule has 0 amide bonds. The van der Waals surface area contributed by atoms with E-state index in [9.17, 15) is 0 Å². The summed E-state index contributed by atoms with van der Waals surface area (Å²) in [7, 11) is -0.498. The average molecular weight is 1020 g/mol. The molecule has 380 valence electrons. The Balaban J connectivity index is 1.10. The first-order valence-electron chi connectivity index (χ1n) is 27.6. The van der Waals surface area contributed by atoms with Gasteiger partial charge in [-0.1, -0.05) is 223 Å². The van der Waals surface area contributed by atoms with Gasteiger partial charge in [-0.2, -0.15) is 0 Å². The second-order valence-electron chi connectivity index (χ2n) is 22.4. The third kappa shape index (κ3) is 7.98. The predicted molar refractivity (Wildman–Crippen MR) is 333 cm³/mol. The van der Waals surface area contributed by atoms with Crippen molar-refractivity contribution in [2.24, 2.45) is 0 Å². The Bertz CT molecular complexity index is 4430. The van der Waals surface area contributed by atoms with E-state index in [1.807, 2.05) is 0 Å². The Hall–Kier alpha value is -9.00. The van der Waals surface area contributed by atoms with E-state index >= 15 is 0 Å². The Kier molecular flexibility index (Phi) is 11.6. The predicted octanol–water partition coefficient (Wildman–Crippen LogP) is 18.8. The van der Waals surface area contributed by atoms with Crippen LogP contribution in [-0.2, 0) is 9.31 Å². The van der Waals surface area contributed by atoms with Crippen LogP contribution >= 0.6 is 0 Å². The van der Waals surface area contributed by atoms with Gasteiger partial charge >= 0.3 is 7.12 Å². The molecule has 3 heterocycles. The lowest BCUT2D eigenvalue weighted by molar-refractivity contribution is 0.00578. The van der Waals surface area contributed by atoms with Gasteiger partial charge in [0.25, 0.3) is 0 Å². The van der Waals surface area contributed by atoms with Gasteiger partial charge in [0.1, 0.15) is 0 Å². The zero-order chi connectivity index (χ0) is 53.6. The molecule has 0 spiro atoms. The molecule has 0 saturated carbocycles. The van der Waals surface area contributed by atoms with Crippen LogP contribution in [0.25, 0.3) is 122 Å². The van der Waals surface area contributed by atoms with E-state index in [2.05, 4.69) is 299 Å². The molecule has 0 unspecified atom stereocenters. The monoisotopic (exact) mass is 1020 g/mol. The number of nitrogens with zero attached hydrogens (tertiary/aromatic N) is 2. The summed E-state index contributed by atoms with van der Waals surface area (Å²) < 4.78 is 18.3. The van der Waals surface area contributed by atoms with Crippen molar-refractivity contribution >= 4 is 56.2 Å². The zero-order valence-corrected chi connectivity index (χ0v) is 45.5. The lowest BCUT2D eigenvalue weighted by atomic mass is 9.73. The Morgan fingerprint density at radius 3 is 0.987 bits per heavy atom. The molecule has 0 atom stereocenters. The highest BCUT2D eigenvalue weighted by atomic mass is 16.7. The number of hydrogen-bond acceptors (Lipinski definition) is 2. The molecule has 14 rings (SSSR count). The SMILES string of the molecule is Cc1ccc(-c2c(-c3ccccc3)c(-c3ccccc3)c(-c3ccc(C)cc3)c(-c3ccc(-n4c5ccccc5c5ccc6c7ccccc7n(-c7ccccc7)c6c54)cc3)c2-c2ccc(B3OC(C)(C)C(C)(C)O3)cc2)cc1. The van der Waals surface area contributed by atoms with Crippen molar-refractivity contribution in [2.45, 2.75) is 52.7 Å². The number of para-hydroxylation sites is 3. The van der Waals surface area contributed by atoms with Crippen molar-refractivity contribution in [3.05, 3.63) is 260 Å². The normalized spacial score (nSPS) is 14.0. The number of rotatable bonds is 9. The first-order chi connectivity index (χ1) is 38.5. The fourth-order valence-electron chi connectivity index (χ4n) is 12.3. The van der Waals surface area contributed by atoms with Crippen molar-refractivity contribution in [3.8, 4) is 78.1 Å². The highest BCUT2D eigenvalue weighted by Crippen LogP contribution is 2.56. The molecule has 11 aromatic carbocycles. The van der Waals surface area contributed by atoms with E-state index in [1.165, 1.54) is 71.5 Å². The van der Waals surface area contributed by atoms with Crippen LogP contribution in [0.5, 0.6) is 0 Å². The van der Waals surface area contributed by atoms with Crippen LogP contribution in [0, 0.1) is 13.8 Å². The largest absolute Gasteiger partial charge is 0.494 e. The molecule has 1 fully saturated rings. The van der Waals surface area contributed by atoms with Crippen LogP contribution < -0.4 is 5.46 Å². The molecule has 13 aromatic rings. The highest BCUT2D eigenvalue weighted by molar-refractivity contribution is 6.62. The van der Waals surface area contributed by atoms with E-state index < -0.39 is 18.3 Å². The number of hydrogen-bond donors (Lipinski definition) is 0. The number of aryl methyl sites for hydroxylation is 2. The smallest absolute Gasteiger partial charge is 0.399 e. The van der Waals surface area contributed by atoms with Gasteiger partial charge in [0.05, 0.1) is 33.3 Å². The second-order valence-corrected chi connectivity index (χ2v) is 22.4. The molecule has 4 nitrogen and oxygen atoms in total. The first-order valence-corrected chi connectivity index (χ1v) is 27.6. The van der Waals surface area contributed by atoms with Gasteiger partial charge in [-0.25, -0.2) is 0 Å². The Morgan fingerprint density at radius 2 is 0.595 bits per heavy atom. The lowest BCUT2D eigenvalue weighted by Crippen LogP contribution is -2.41. The quantitative estimate of drug-likeness (QED) is 0.135. The van der Waals surface area contributed by atoms with Crippen LogP contribution in [-0.4, -0.2) is 27.5 Å². The number of benzene rings is 11. The molecule has 0 aliphatic carbocycles. The highest BCUT2D eigenvalue weighted by Gasteiger charge is 2.51. The molecule has 1 aliphatic heterocycles. The first kappa shape index (κ1) is 48.4. The van der Waals surface area contributed by atoms with Crippen LogP contribution in [0.2, 0.25) is 0 Å². The molecule has 2 aromatic heterocycles. The summed E-state index contributed by atoms with van der Waals surface area (Å²) in [5.41, 5.74) is 23.2. The summed E-state index contributed by atoms with van der Waals surface area (Å²) in [6.07, 6.45) is 0. The molecule has 1 aliphatic rings. The van der Waals surface area contributed by atoms with Crippen LogP contribution in [0.1, 0.15) is 38.8 Å². The summed E-state index contributed by atoms with van der Waals surface area (Å²) in [5.74, 6) is 0. The number of fused-ring (bicyclic) bond motifs is 7. The molecule has 0 N–H and O–H groups in total. The fraction of sp³-hybridized carbons (Fsp3) is 0.108. The van der Waals surface area contributed by atoms with E-state index in [-0.39, 0.29) is 0 Å². The zero-order valence-electron chi connectivity index (χ0n) is 45.5. The van der Waals surface area contributed by atoms with Crippen molar-refractivity contribution in [1.29, 1.82) is 0 Å². The summed E-state index contributed by atoms with van der Waals surface area (Å²) in [5, 5.41) is 4.88. The fourth-order valence-corrected chi connectivity index (χ4v) is 12.3. The molecule has 0 radical (unpaired) electrons. The van der Waals surface area contributed by atoms with Crippen LogP contribution in [0.3, 0.4) is 0 Å². The van der Waals surface area contributed by atoms with Crippen molar-refractivity contribution in [3.63, 3.8) is 0 Å². The van der Waals surface area contributed by atoms with E-state index in [1.54, 1.807) is 0 Å². The van der Waals surface area contributed by atoms with Crippen molar-refractivity contribution in [2.75, 3.05) is 0 Å². The minimum Gasteiger partial charge on any atom is -0.399 e. The van der Waals surface area contributed by atoms with Gasteiger partial charge in [-0.3, -0.25) is 0 Å². The van der Waals surface area contributed by atoms with Gasteiger partial charge in [0.2, 0.25) is 0 Å². The van der Waals surface area contributed by atoms with E-state index in [4.69, 9.17) is 9.31 Å². The summed E-state index contributed by atoms with van der Waals surface area (Å²) >= 11 is 0. The maximum Gasteiger partial charge on any atom is 0.494 e. The molecule has 1 saturated heterocycles.